The van der Waals surface area contributed by atoms with E-state index >= 15 is 0 Å². The smallest absolute Gasteiger partial charge is 0.245 e. The number of aliphatic imine (C=N–C) groups is 1. The SMILES string of the molecule is CCCCCCNC(=O)[C@](C)(CCCN=C(N)N)NC(=O)CCNSC. The van der Waals surface area contributed by atoms with E-state index in [0.717, 1.165) is 25.7 Å². The Hall–Kier alpha value is -1.48. The Morgan fingerprint density at radius 1 is 1.12 bits per heavy atom. The van der Waals surface area contributed by atoms with Gasteiger partial charge in [0.15, 0.2) is 5.96 Å². The number of amides is 2. The van der Waals surface area contributed by atoms with Gasteiger partial charge in [-0.1, -0.05) is 38.1 Å². The molecule has 0 unspecified atom stereocenters. The van der Waals surface area contributed by atoms with Crippen LogP contribution in [0.15, 0.2) is 4.99 Å². The van der Waals surface area contributed by atoms with Gasteiger partial charge in [-0.2, -0.15) is 0 Å². The molecule has 1 atom stereocenters. The summed E-state index contributed by atoms with van der Waals surface area (Å²) in [7, 11) is 0. The maximum absolute atomic E-state index is 12.7. The van der Waals surface area contributed by atoms with Gasteiger partial charge in [0.2, 0.25) is 11.8 Å². The lowest BCUT2D eigenvalue weighted by molar-refractivity contribution is -0.133. The van der Waals surface area contributed by atoms with Gasteiger partial charge in [0.05, 0.1) is 0 Å². The first-order valence-corrected chi connectivity index (χ1v) is 10.5. The third-order valence-electron chi connectivity index (χ3n) is 3.96. The molecule has 8 nitrogen and oxygen atoms in total. The molecule has 0 saturated heterocycles. The molecule has 0 radical (unpaired) electrons. The number of carbonyl (C=O) groups is 2. The zero-order valence-corrected chi connectivity index (χ0v) is 17.2. The Bertz CT molecular complexity index is 443. The quantitative estimate of drug-likeness (QED) is 0.122. The molecule has 0 aliphatic heterocycles. The third-order valence-corrected chi connectivity index (χ3v) is 4.45. The Balaban J connectivity index is 4.65. The van der Waals surface area contributed by atoms with Crippen molar-refractivity contribution in [3.8, 4) is 0 Å². The molecule has 9 heteroatoms. The Morgan fingerprint density at radius 2 is 1.85 bits per heavy atom. The highest BCUT2D eigenvalue weighted by molar-refractivity contribution is 7.96. The summed E-state index contributed by atoms with van der Waals surface area (Å²) in [4.78, 5) is 28.8. The predicted octanol–water partition coefficient (Wildman–Crippen LogP) is 0.869. The summed E-state index contributed by atoms with van der Waals surface area (Å²) in [5.74, 6) is -0.291. The van der Waals surface area contributed by atoms with Crippen LogP contribution in [0.1, 0.15) is 58.8 Å². The summed E-state index contributed by atoms with van der Waals surface area (Å²) < 4.78 is 3.02. The molecule has 152 valence electrons. The second-order valence-electron chi connectivity index (χ2n) is 6.46. The minimum Gasteiger partial charge on any atom is -0.370 e. The second kappa shape index (κ2) is 14.7. The number of carbonyl (C=O) groups excluding carboxylic acids is 2. The molecular formula is C17H36N6O2S. The highest BCUT2D eigenvalue weighted by Gasteiger charge is 2.33. The van der Waals surface area contributed by atoms with Crippen LogP contribution >= 0.6 is 11.9 Å². The molecule has 0 fully saturated rings. The Labute approximate surface area is 161 Å². The number of hydrogen-bond donors (Lipinski definition) is 5. The van der Waals surface area contributed by atoms with Crippen LogP contribution in [0.4, 0.5) is 0 Å². The van der Waals surface area contributed by atoms with Gasteiger partial charge in [0.25, 0.3) is 0 Å². The monoisotopic (exact) mass is 388 g/mol. The van der Waals surface area contributed by atoms with Gasteiger partial charge in [-0.05, 0) is 32.4 Å². The van der Waals surface area contributed by atoms with Crippen LogP contribution in [0.5, 0.6) is 0 Å². The zero-order valence-electron chi connectivity index (χ0n) is 16.4. The van der Waals surface area contributed by atoms with Crippen molar-refractivity contribution >= 4 is 29.7 Å². The van der Waals surface area contributed by atoms with Gasteiger partial charge in [-0.3, -0.25) is 19.3 Å². The van der Waals surface area contributed by atoms with Crippen molar-refractivity contribution in [2.45, 2.75) is 64.3 Å². The van der Waals surface area contributed by atoms with Crippen LogP contribution in [0.2, 0.25) is 0 Å². The number of hydrogen-bond acceptors (Lipinski definition) is 5. The second-order valence-corrected chi connectivity index (χ2v) is 7.15. The topological polar surface area (TPSA) is 135 Å². The summed E-state index contributed by atoms with van der Waals surface area (Å²) in [6, 6.07) is 0. The van der Waals surface area contributed by atoms with Crippen LogP contribution < -0.4 is 26.8 Å². The maximum atomic E-state index is 12.7. The summed E-state index contributed by atoms with van der Waals surface area (Å²) in [5.41, 5.74) is 9.68. The molecule has 0 aliphatic rings. The molecule has 0 aromatic heterocycles. The van der Waals surface area contributed by atoms with E-state index in [0.29, 0.717) is 38.9 Å². The van der Waals surface area contributed by atoms with E-state index in [4.69, 9.17) is 11.5 Å². The highest BCUT2D eigenvalue weighted by atomic mass is 32.2. The molecular weight excluding hydrogens is 352 g/mol. The average molecular weight is 389 g/mol. The minimum atomic E-state index is -0.972. The van der Waals surface area contributed by atoms with Crippen molar-refractivity contribution in [1.82, 2.24) is 15.4 Å². The lowest BCUT2D eigenvalue weighted by Crippen LogP contribution is -2.57. The molecule has 2 amide bonds. The molecule has 7 N–H and O–H groups in total. The summed E-state index contributed by atoms with van der Waals surface area (Å²) in [6.07, 6.45) is 7.61. The van der Waals surface area contributed by atoms with E-state index in [1.54, 1.807) is 6.92 Å². The molecule has 26 heavy (non-hydrogen) atoms. The number of nitrogens with zero attached hydrogens (tertiary/aromatic N) is 1. The Morgan fingerprint density at radius 3 is 2.46 bits per heavy atom. The zero-order chi connectivity index (χ0) is 19.8. The normalized spacial score (nSPS) is 12.9. The molecule has 0 rings (SSSR count). The molecule has 0 spiro atoms. The van der Waals surface area contributed by atoms with Gasteiger partial charge < -0.3 is 22.1 Å². The van der Waals surface area contributed by atoms with Crippen LogP contribution in [-0.4, -0.2) is 49.2 Å². The fourth-order valence-electron chi connectivity index (χ4n) is 2.46. The Kier molecular flexibility index (Phi) is 13.8. The standard InChI is InChI=1S/C17H36N6O2S/c1-4-5-6-7-11-20-15(25)17(2,10-8-12-21-16(18)19)23-14(24)9-13-22-26-3/h22H,4-13H2,1-3H3,(H,20,25)(H,23,24)(H4,18,19,21)/t17-/m0/s1. The first-order valence-electron chi connectivity index (χ1n) is 9.26. The fourth-order valence-corrected chi connectivity index (χ4v) is 2.77. The van der Waals surface area contributed by atoms with Crippen LogP contribution in [0.3, 0.4) is 0 Å². The summed E-state index contributed by atoms with van der Waals surface area (Å²) >= 11 is 1.46. The third kappa shape index (κ3) is 12.0. The lowest BCUT2D eigenvalue weighted by Gasteiger charge is -2.29. The van der Waals surface area contributed by atoms with Gasteiger partial charge >= 0.3 is 0 Å². The number of guanidine groups is 1. The largest absolute Gasteiger partial charge is 0.370 e. The van der Waals surface area contributed by atoms with Crippen LogP contribution in [0, 0.1) is 0 Å². The number of rotatable bonds is 15. The first kappa shape index (κ1) is 24.5. The predicted molar refractivity (Wildman–Crippen MR) is 110 cm³/mol. The van der Waals surface area contributed by atoms with Gasteiger partial charge in [-0.15, -0.1) is 0 Å². The van der Waals surface area contributed by atoms with Crippen molar-refractivity contribution < 1.29 is 9.59 Å². The first-order chi connectivity index (χ1) is 12.4. The van der Waals surface area contributed by atoms with E-state index < -0.39 is 5.54 Å². The van der Waals surface area contributed by atoms with Crippen LogP contribution in [0.25, 0.3) is 0 Å². The van der Waals surface area contributed by atoms with Gasteiger partial charge in [0.1, 0.15) is 5.54 Å². The van der Waals surface area contributed by atoms with Crippen molar-refractivity contribution in [2.24, 2.45) is 16.5 Å². The maximum Gasteiger partial charge on any atom is 0.245 e. The van der Waals surface area contributed by atoms with Crippen molar-refractivity contribution in [2.75, 3.05) is 25.9 Å². The van der Waals surface area contributed by atoms with Gasteiger partial charge in [0, 0.05) is 26.1 Å². The van der Waals surface area contributed by atoms with Crippen molar-refractivity contribution in [3.05, 3.63) is 0 Å². The molecule has 0 aliphatic carbocycles. The van der Waals surface area contributed by atoms with Gasteiger partial charge in [-0.25, -0.2) is 0 Å². The molecule has 0 saturated carbocycles. The summed E-state index contributed by atoms with van der Waals surface area (Å²) in [6.45, 7) is 5.49. The van der Waals surface area contributed by atoms with E-state index in [2.05, 4.69) is 27.3 Å². The number of nitrogens with one attached hydrogen (secondary N) is 3. The van der Waals surface area contributed by atoms with E-state index in [1.165, 1.54) is 11.9 Å². The van der Waals surface area contributed by atoms with Crippen LogP contribution in [-0.2, 0) is 9.59 Å². The fraction of sp³-hybridized carbons (Fsp3) is 0.824. The molecule has 0 bridgehead atoms. The van der Waals surface area contributed by atoms with E-state index in [1.807, 2.05) is 6.26 Å². The number of unbranched alkanes of at least 4 members (excludes halogenated alkanes) is 3. The number of nitrogens with two attached hydrogens (primary N) is 2. The van der Waals surface area contributed by atoms with Crippen molar-refractivity contribution in [3.63, 3.8) is 0 Å². The average Bonchev–Trinajstić information content (AvgIpc) is 2.58. The van der Waals surface area contributed by atoms with E-state index in [-0.39, 0.29) is 17.8 Å². The summed E-state index contributed by atoms with van der Waals surface area (Å²) in [5, 5.41) is 5.83. The lowest BCUT2D eigenvalue weighted by atomic mass is 9.94. The van der Waals surface area contributed by atoms with E-state index in [9.17, 15) is 9.59 Å². The highest BCUT2D eigenvalue weighted by Crippen LogP contribution is 2.14. The molecule has 0 heterocycles. The van der Waals surface area contributed by atoms with Crippen molar-refractivity contribution in [1.29, 1.82) is 0 Å². The molecule has 0 aromatic rings. The minimum absolute atomic E-state index is 0.0271. The molecule has 0 aromatic carbocycles.